The van der Waals surface area contributed by atoms with Crippen LogP contribution in [0.2, 0.25) is 0 Å². The van der Waals surface area contributed by atoms with Gasteiger partial charge in [-0.25, -0.2) is 4.79 Å². The minimum absolute atomic E-state index is 0.142. The molecule has 83 heavy (non-hydrogen) atoms. The SMILES string of the molecule is CCOC(=O)CO[C@H]1[C@H]2O[C@H]3[C@@H](O)[C@H](O)[C@@H](O[C@H]4[C@@H](O)[C@H](O)[C@@H](O[C@H]5[C@@H](O)[C@H](O)[C@@H](O[C@H]6[C@H](O)[C@@H](O)[C@@H](O[C@H]7[C@H](O)[C@@H](O)[C@@H](O[C@H]8[C@H](O)[C@@H](O)[C@@H](O[C@@H]([C@@H]1O)[C@@H](CO)O2)O[C@@H]8CO)O[C@@H]7CO)O[C@@H]6CO)O[C@@H]5CO)O[C@@H]4CO)O[C@@H]3CO. The number of carbonyl (C=O) groups is 1. The van der Waals surface area contributed by atoms with Crippen LogP contribution in [0.25, 0.3) is 0 Å². The van der Waals surface area contributed by atoms with Crippen molar-refractivity contribution in [1.82, 2.24) is 0 Å². The molecule has 0 aliphatic carbocycles. The van der Waals surface area contributed by atoms with Crippen LogP contribution in [0.4, 0.5) is 0 Å². The van der Waals surface area contributed by atoms with Gasteiger partial charge in [-0.2, -0.15) is 0 Å². The summed E-state index contributed by atoms with van der Waals surface area (Å²) in [6.45, 7) is -7.10. The number of esters is 1. The van der Waals surface area contributed by atoms with Gasteiger partial charge in [0.2, 0.25) is 0 Å². The molecule has 15 heterocycles. The van der Waals surface area contributed by atoms with E-state index in [-0.39, 0.29) is 6.61 Å². The molecular formula is C46H76O37. The Bertz CT molecular complexity index is 1990. The Hall–Kier alpha value is -1.93. The molecule has 0 aromatic rings. The Kier molecular flexibility index (Phi) is 23.5. The summed E-state index contributed by atoms with van der Waals surface area (Å²) in [5.41, 5.74) is 0. The average Bonchev–Trinajstić information content (AvgIpc) is 3.19. The molecule has 20 N–H and O–H groups in total. The number of carbonyl (C=O) groups excluding carboxylic acids is 1. The molecule has 15 saturated heterocycles. The minimum atomic E-state index is -2.25. The van der Waals surface area contributed by atoms with Gasteiger partial charge in [-0.1, -0.05) is 0 Å². The Morgan fingerprint density at radius 3 is 0.687 bits per heavy atom. The molecule has 0 unspecified atom stereocenters. The second kappa shape index (κ2) is 29.1. The predicted molar refractivity (Wildman–Crippen MR) is 249 cm³/mol. The van der Waals surface area contributed by atoms with Crippen LogP contribution in [-0.4, -0.2) is 383 Å². The number of aliphatic hydroxyl groups is 20. The predicted octanol–water partition coefficient (Wildman–Crippen LogP) is -14.6. The Balaban J connectivity index is 1.11. The summed E-state index contributed by atoms with van der Waals surface area (Å²) in [6, 6.07) is 0. The smallest absolute Gasteiger partial charge is 0.332 e. The van der Waals surface area contributed by atoms with Gasteiger partial charge < -0.3 is 178 Å². The van der Waals surface area contributed by atoms with Crippen LogP contribution >= 0.6 is 0 Å². The van der Waals surface area contributed by atoms with E-state index >= 15 is 0 Å². The van der Waals surface area contributed by atoms with E-state index < -0.39 is 274 Å². The molecule has 482 valence electrons. The molecule has 0 aromatic heterocycles. The molecule has 0 saturated carbocycles. The number of rotatable bonds is 11. The number of hydrogen-bond acceptors (Lipinski definition) is 37. The maximum atomic E-state index is 12.6. The molecule has 15 aliphatic rings. The molecule has 37 heteroatoms. The molecule has 35 atom stereocenters. The number of fused-ring (bicyclic) bond motifs is 7. The Morgan fingerprint density at radius 1 is 0.289 bits per heavy atom. The highest BCUT2D eigenvalue weighted by atomic mass is 16.8. The lowest BCUT2D eigenvalue weighted by atomic mass is 9.95. The van der Waals surface area contributed by atoms with Gasteiger partial charge >= 0.3 is 5.97 Å². The summed E-state index contributed by atoms with van der Waals surface area (Å²) in [5, 5.41) is 222. The van der Waals surface area contributed by atoms with Crippen molar-refractivity contribution in [2.24, 2.45) is 0 Å². The average molecular weight is 1220 g/mol. The van der Waals surface area contributed by atoms with Gasteiger partial charge in [-0.15, -0.1) is 0 Å². The largest absolute Gasteiger partial charge is 0.464 e. The molecule has 0 spiro atoms. The molecule has 15 aliphatic heterocycles. The van der Waals surface area contributed by atoms with E-state index in [1.165, 1.54) is 6.92 Å². The summed E-state index contributed by atoms with van der Waals surface area (Å²) in [7, 11) is 0. The summed E-state index contributed by atoms with van der Waals surface area (Å²) in [6.07, 6.45) is -70.8. The van der Waals surface area contributed by atoms with Crippen LogP contribution in [-0.2, 0) is 80.6 Å². The van der Waals surface area contributed by atoms with E-state index in [1.54, 1.807) is 0 Å². The second-order valence-electron chi connectivity index (χ2n) is 20.7. The summed E-state index contributed by atoms with van der Waals surface area (Å²) < 4.78 is 91.2. The number of aliphatic hydroxyl groups excluding tert-OH is 20. The zero-order valence-electron chi connectivity index (χ0n) is 44.0. The first-order valence-corrected chi connectivity index (χ1v) is 26.6. The van der Waals surface area contributed by atoms with E-state index in [4.69, 9.17) is 75.8 Å². The van der Waals surface area contributed by atoms with Gasteiger partial charge in [-0.05, 0) is 6.92 Å². The Labute approximate surface area is 469 Å². The molecule has 14 bridgehead atoms. The first-order valence-electron chi connectivity index (χ1n) is 26.6. The third-order valence-electron chi connectivity index (χ3n) is 15.5. The summed E-state index contributed by atoms with van der Waals surface area (Å²) in [5.74, 6) is -1.00. The van der Waals surface area contributed by atoms with Crippen molar-refractivity contribution in [2.45, 2.75) is 222 Å². The highest BCUT2D eigenvalue weighted by Gasteiger charge is 2.60. The second-order valence-corrected chi connectivity index (χ2v) is 20.7. The van der Waals surface area contributed by atoms with Crippen LogP contribution in [0.15, 0.2) is 0 Å². The van der Waals surface area contributed by atoms with Crippen molar-refractivity contribution in [3.8, 4) is 0 Å². The van der Waals surface area contributed by atoms with Crippen molar-refractivity contribution in [3.63, 3.8) is 0 Å². The van der Waals surface area contributed by atoms with E-state index in [0.29, 0.717) is 0 Å². The van der Waals surface area contributed by atoms with Gasteiger partial charge in [0.1, 0.15) is 178 Å². The molecule has 0 aromatic carbocycles. The first kappa shape index (κ1) is 67.0. The van der Waals surface area contributed by atoms with Crippen molar-refractivity contribution in [1.29, 1.82) is 0 Å². The fourth-order valence-electron chi connectivity index (χ4n) is 10.9. The third-order valence-corrected chi connectivity index (χ3v) is 15.5. The van der Waals surface area contributed by atoms with Crippen molar-refractivity contribution < 1.29 is 183 Å². The third kappa shape index (κ3) is 13.8. The summed E-state index contributed by atoms with van der Waals surface area (Å²) >= 11 is 0. The fraction of sp³-hybridized carbons (Fsp3) is 0.978. The van der Waals surface area contributed by atoms with Gasteiger partial charge in [0.25, 0.3) is 0 Å². The highest BCUT2D eigenvalue weighted by Crippen LogP contribution is 2.39. The number of ether oxygens (including phenoxy) is 16. The minimum Gasteiger partial charge on any atom is -0.464 e. The van der Waals surface area contributed by atoms with Crippen molar-refractivity contribution in [2.75, 3.05) is 59.5 Å². The highest BCUT2D eigenvalue weighted by molar-refractivity contribution is 5.70. The zero-order valence-corrected chi connectivity index (χ0v) is 44.0. The fourth-order valence-corrected chi connectivity index (χ4v) is 10.9. The van der Waals surface area contributed by atoms with Crippen LogP contribution < -0.4 is 0 Å². The number of hydrogen-bond donors (Lipinski definition) is 20. The molecule has 0 amide bonds. The Morgan fingerprint density at radius 2 is 0.482 bits per heavy atom. The van der Waals surface area contributed by atoms with E-state index in [1.807, 2.05) is 0 Å². The normalized spacial score (nSPS) is 52.1. The first-order chi connectivity index (χ1) is 39.6. The van der Waals surface area contributed by atoms with Crippen molar-refractivity contribution >= 4 is 5.97 Å². The monoisotopic (exact) mass is 1220 g/mol. The van der Waals surface area contributed by atoms with Gasteiger partial charge in [0.15, 0.2) is 44.0 Å². The standard InChI is InChI=1S/C46H76O37/c1-2-68-18(54)10-69-39-31(67)38-17(9-53)76-46(39)83-37-16(8-52)75-44(30(66)24(37)60)81-35-14(6-50)73-42(28(64)22(35)58)79-33-12(4-48)71-40(26(62)20(33)56)77-32-11(3-47)70-41(25(61)19(32)55)78-34-13(5-49)72-43(27(63)21(34)57)80-36-15(7-51)74-45(82-38)29(65)23(36)59/h11-17,19-53,55-67H,2-10H2,1H3/t11-,12-,13-,14-,15-,16-,17-,19-,20+,21-,22+,23-,24+,25-,26+,27-,28+,29-,30+,31+,32-,33-,34-,35-,36-,37-,38-,39-,40-,41-,42-,43-,44-,45-,46-/m1/s1. The quantitative estimate of drug-likeness (QED) is 0.0854. The maximum Gasteiger partial charge on any atom is 0.332 e. The zero-order chi connectivity index (χ0) is 60.5. The van der Waals surface area contributed by atoms with Gasteiger partial charge in [0.05, 0.1) is 52.9 Å². The van der Waals surface area contributed by atoms with Crippen molar-refractivity contribution in [3.05, 3.63) is 0 Å². The van der Waals surface area contributed by atoms with Crippen LogP contribution in [0, 0.1) is 0 Å². The lowest BCUT2D eigenvalue weighted by Gasteiger charge is -2.50. The molecule has 15 fully saturated rings. The van der Waals surface area contributed by atoms with Gasteiger partial charge in [0, 0.05) is 0 Å². The maximum absolute atomic E-state index is 12.6. The van der Waals surface area contributed by atoms with E-state index in [9.17, 15) is 107 Å². The van der Waals surface area contributed by atoms with Gasteiger partial charge in [-0.3, -0.25) is 0 Å². The van der Waals surface area contributed by atoms with Crippen LogP contribution in [0.1, 0.15) is 6.92 Å². The topological polar surface area (TPSA) is 569 Å². The lowest BCUT2D eigenvalue weighted by molar-refractivity contribution is -0.398. The van der Waals surface area contributed by atoms with Crippen LogP contribution in [0.5, 0.6) is 0 Å². The van der Waals surface area contributed by atoms with Crippen LogP contribution in [0.3, 0.4) is 0 Å². The molecule has 37 nitrogen and oxygen atoms in total. The summed E-state index contributed by atoms with van der Waals surface area (Å²) in [4.78, 5) is 12.6. The molecule has 0 radical (unpaired) electrons. The lowest BCUT2D eigenvalue weighted by Crippen LogP contribution is -2.68. The van der Waals surface area contributed by atoms with E-state index in [2.05, 4.69) is 0 Å². The molecular weight excluding hydrogens is 1140 g/mol. The molecule has 15 rings (SSSR count). The van der Waals surface area contributed by atoms with E-state index in [0.717, 1.165) is 0 Å².